The van der Waals surface area contributed by atoms with Gasteiger partial charge in [0.1, 0.15) is 5.69 Å². The van der Waals surface area contributed by atoms with Crippen molar-refractivity contribution in [3.63, 3.8) is 0 Å². The largest absolute Gasteiger partial charge is 0.354 e. The molecule has 0 aliphatic rings. The van der Waals surface area contributed by atoms with Gasteiger partial charge in [0.25, 0.3) is 5.91 Å². The standard InChI is InChI=1S/C11H13N3O/c1-7-4-3-5-9-8(7)6-10(14(9)12)11(15)13-2/h3-6H,12H2,1-2H3,(H,13,15). The molecule has 0 saturated carbocycles. The number of nitrogens with one attached hydrogen (secondary N) is 1. The highest BCUT2D eigenvalue weighted by Gasteiger charge is 2.13. The van der Waals surface area contributed by atoms with Gasteiger partial charge in [-0.3, -0.25) is 9.47 Å². The number of carbonyl (C=O) groups excluding carboxylic acids is 1. The lowest BCUT2D eigenvalue weighted by atomic mass is 10.1. The Morgan fingerprint density at radius 2 is 2.20 bits per heavy atom. The van der Waals surface area contributed by atoms with Gasteiger partial charge in [0, 0.05) is 12.4 Å². The monoisotopic (exact) mass is 203 g/mol. The summed E-state index contributed by atoms with van der Waals surface area (Å²) in [6.07, 6.45) is 0. The van der Waals surface area contributed by atoms with Crippen molar-refractivity contribution >= 4 is 16.8 Å². The number of nitrogens with two attached hydrogens (primary N) is 1. The summed E-state index contributed by atoms with van der Waals surface area (Å²) in [4.78, 5) is 11.5. The van der Waals surface area contributed by atoms with Crippen LogP contribution in [0.25, 0.3) is 10.9 Å². The molecule has 4 nitrogen and oxygen atoms in total. The molecule has 2 rings (SSSR count). The Morgan fingerprint density at radius 1 is 1.47 bits per heavy atom. The Kier molecular flexibility index (Phi) is 2.11. The maximum Gasteiger partial charge on any atom is 0.269 e. The Hall–Kier alpha value is -1.97. The van der Waals surface area contributed by atoms with Crippen LogP contribution in [-0.2, 0) is 0 Å². The molecule has 0 unspecified atom stereocenters. The minimum absolute atomic E-state index is 0.173. The van der Waals surface area contributed by atoms with Gasteiger partial charge in [0.2, 0.25) is 0 Å². The second-order valence-electron chi connectivity index (χ2n) is 3.49. The van der Waals surface area contributed by atoms with Gasteiger partial charge < -0.3 is 11.2 Å². The van der Waals surface area contributed by atoms with Gasteiger partial charge in [-0.15, -0.1) is 0 Å². The summed E-state index contributed by atoms with van der Waals surface area (Å²) < 4.78 is 1.42. The maximum atomic E-state index is 11.5. The number of carbonyl (C=O) groups is 1. The second-order valence-corrected chi connectivity index (χ2v) is 3.49. The van der Waals surface area contributed by atoms with Crippen molar-refractivity contribution in [3.8, 4) is 0 Å². The minimum atomic E-state index is -0.173. The Morgan fingerprint density at radius 3 is 2.80 bits per heavy atom. The Balaban J connectivity index is 2.75. The highest BCUT2D eigenvalue weighted by Crippen LogP contribution is 2.20. The van der Waals surface area contributed by atoms with E-state index in [1.165, 1.54) is 4.68 Å². The first-order valence-corrected chi connectivity index (χ1v) is 4.73. The fraction of sp³-hybridized carbons (Fsp3) is 0.182. The van der Waals surface area contributed by atoms with E-state index in [0.29, 0.717) is 5.69 Å². The molecule has 0 aliphatic carbocycles. The highest BCUT2D eigenvalue weighted by molar-refractivity contribution is 5.99. The third kappa shape index (κ3) is 1.34. The first-order valence-electron chi connectivity index (χ1n) is 4.73. The van der Waals surface area contributed by atoms with Crippen LogP contribution in [0.4, 0.5) is 0 Å². The zero-order chi connectivity index (χ0) is 11.0. The van der Waals surface area contributed by atoms with Crippen LogP contribution in [0.2, 0.25) is 0 Å². The molecule has 1 aromatic heterocycles. The lowest BCUT2D eigenvalue weighted by Gasteiger charge is -2.02. The predicted molar refractivity (Wildman–Crippen MR) is 60.2 cm³/mol. The number of fused-ring (bicyclic) bond motifs is 1. The van der Waals surface area contributed by atoms with E-state index < -0.39 is 0 Å². The topological polar surface area (TPSA) is 60.0 Å². The molecule has 0 bridgehead atoms. The van der Waals surface area contributed by atoms with Crippen LogP contribution >= 0.6 is 0 Å². The van der Waals surface area contributed by atoms with Crippen molar-refractivity contribution < 1.29 is 4.79 Å². The molecule has 78 valence electrons. The van der Waals surface area contributed by atoms with Crippen LogP contribution in [0, 0.1) is 6.92 Å². The Bertz CT molecular complexity index is 528. The summed E-state index contributed by atoms with van der Waals surface area (Å²) in [6.45, 7) is 2.00. The van der Waals surface area contributed by atoms with Crippen LogP contribution in [0.15, 0.2) is 24.3 Å². The van der Waals surface area contributed by atoms with E-state index in [2.05, 4.69) is 5.32 Å². The maximum absolute atomic E-state index is 11.5. The number of hydrogen-bond donors (Lipinski definition) is 2. The van der Waals surface area contributed by atoms with Crippen LogP contribution < -0.4 is 11.2 Å². The van der Waals surface area contributed by atoms with Gasteiger partial charge in [-0.25, -0.2) is 0 Å². The van der Waals surface area contributed by atoms with Gasteiger partial charge in [0.15, 0.2) is 0 Å². The summed E-state index contributed by atoms with van der Waals surface area (Å²) in [5.74, 6) is 5.67. The molecule has 0 atom stereocenters. The summed E-state index contributed by atoms with van der Waals surface area (Å²) >= 11 is 0. The molecule has 1 heterocycles. The molecule has 4 heteroatoms. The fourth-order valence-electron chi connectivity index (χ4n) is 1.70. The van der Waals surface area contributed by atoms with Gasteiger partial charge in [-0.05, 0) is 24.6 Å². The predicted octanol–water partition coefficient (Wildman–Crippen LogP) is 1.02. The van der Waals surface area contributed by atoms with Crippen molar-refractivity contribution in [1.29, 1.82) is 0 Å². The molecule has 3 N–H and O–H groups in total. The van der Waals surface area contributed by atoms with Gasteiger partial charge in [-0.2, -0.15) is 0 Å². The molecule has 0 fully saturated rings. The number of benzene rings is 1. The molecule has 0 aliphatic heterocycles. The van der Waals surface area contributed by atoms with E-state index in [4.69, 9.17) is 5.84 Å². The van der Waals surface area contributed by atoms with E-state index in [9.17, 15) is 4.79 Å². The summed E-state index contributed by atoms with van der Waals surface area (Å²) in [7, 11) is 1.59. The number of hydrogen-bond acceptors (Lipinski definition) is 2. The van der Waals surface area contributed by atoms with Crippen molar-refractivity contribution in [2.45, 2.75) is 6.92 Å². The molecule has 1 aromatic carbocycles. The first kappa shape index (κ1) is 9.58. The molecule has 0 radical (unpaired) electrons. The van der Waals surface area contributed by atoms with Crippen LogP contribution in [-0.4, -0.2) is 17.6 Å². The van der Waals surface area contributed by atoms with Crippen LogP contribution in [0.5, 0.6) is 0 Å². The smallest absolute Gasteiger partial charge is 0.269 e. The number of amides is 1. The average molecular weight is 203 g/mol. The number of aromatic nitrogens is 1. The number of nitrogens with zero attached hydrogens (tertiary/aromatic N) is 1. The van der Waals surface area contributed by atoms with Crippen LogP contribution in [0.1, 0.15) is 16.1 Å². The molecular weight excluding hydrogens is 190 g/mol. The third-order valence-corrected chi connectivity index (χ3v) is 2.56. The lowest BCUT2D eigenvalue weighted by Crippen LogP contribution is -2.24. The summed E-state index contributed by atoms with van der Waals surface area (Å²) in [5.41, 5.74) is 2.46. The molecule has 1 amide bonds. The normalized spacial score (nSPS) is 10.5. The molecule has 15 heavy (non-hydrogen) atoms. The number of nitrogen functional groups attached to an aromatic ring is 1. The van der Waals surface area contributed by atoms with Crippen molar-refractivity contribution in [2.24, 2.45) is 0 Å². The highest BCUT2D eigenvalue weighted by atomic mass is 16.1. The summed E-state index contributed by atoms with van der Waals surface area (Å²) in [5, 5.41) is 3.58. The van der Waals surface area contributed by atoms with E-state index in [-0.39, 0.29) is 5.91 Å². The van der Waals surface area contributed by atoms with Gasteiger partial charge >= 0.3 is 0 Å². The van der Waals surface area contributed by atoms with E-state index in [1.807, 2.05) is 31.2 Å². The zero-order valence-corrected chi connectivity index (χ0v) is 8.74. The quantitative estimate of drug-likeness (QED) is 0.680. The van der Waals surface area contributed by atoms with E-state index in [0.717, 1.165) is 16.5 Å². The zero-order valence-electron chi connectivity index (χ0n) is 8.74. The third-order valence-electron chi connectivity index (χ3n) is 2.56. The molecule has 2 aromatic rings. The number of aryl methyl sites for hydroxylation is 1. The van der Waals surface area contributed by atoms with Crippen molar-refractivity contribution in [3.05, 3.63) is 35.5 Å². The molecule has 0 saturated heterocycles. The summed E-state index contributed by atoms with van der Waals surface area (Å²) in [6, 6.07) is 7.63. The fourth-order valence-corrected chi connectivity index (χ4v) is 1.70. The van der Waals surface area contributed by atoms with Gasteiger partial charge in [-0.1, -0.05) is 12.1 Å². The van der Waals surface area contributed by atoms with Crippen molar-refractivity contribution in [1.82, 2.24) is 9.99 Å². The van der Waals surface area contributed by atoms with Crippen LogP contribution in [0.3, 0.4) is 0 Å². The van der Waals surface area contributed by atoms with E-state index in [1.54, 1.807) is 7.05 Å². The Labute approximate surface area is 87.6 Å². The van der Waals surface area contributed by atoms with Gasteiger partial charge in [0.05, 0.1) is 5.52 Å². The molecular formula is C11H13N3O. The second kappa shape index (κ2) is 3.31. The average Bonchev–Trinajstić information content (AvgIpc) is 2.57. The van der Waals surface area contributed by atoms with E-state index >= 15 is 0 Å². The number of rotatable bonds is 1. The first-order chi connectivity index (χ1) is 7.15. The molecule has 0 spiro atoms. The SMILES string of the molecule is CNC(=O)c1cc2c(C)cccc2n1N. The minimum Gasteiger partial charge on any atom is -0.354 e. The van der Waals surface area contributed by atoms with Crippen molar-refractivity contribution in [2.75, 3.05) is 12.9 Å². The lowest BCUT2D eigenvalue weighted by molar-refractivity contribution is 0.0956.